The zero-order valence-corrected chi connectivity index (χ0v) is 17.6. The van der Waals surface area contributed by atoms with Crippen LogP contribution in [0, 0.1) is 12.7 Å². The number of hydrogen-bond donors (Lipinski definition) is 4. The number of carbonyl (C=O) groups excluding carboxylic acids is 1. The lowest BCUT2D eigenvalue weighted by atomic mass is 9.89. The first-order valence-electron chi connectivity index (χ1n) is 11.0. The summed E-state index contributed by atoms with van der Waals surface area (Å²) in [7, 11) is 0. The third-order valence-electron chi connectivity index (χ3n) is 6.45. The molecular formula is C24H27FN4O2. The molecule has 0 saturated carbocycles. The van der Waals surface area contributed by atoms with Gasteiger partial charge in [0.2, 0.25) is 0 Å². The molecule has 1 saturated heterocycles. The second-order valence-corrected chi connectivity index (χ2v) is 8.48. The Morgan fingerprint density at radius 1 is 1.26 bits per heavy atom. The Kier molecular flexibility index (Phi) is 5.06. The summed E-state index contributed by atoms with van der Waals surface area (Å²) in [6, 6.07) is 4.42. The van der Waals surface area contributed by atoms with E-state index in [0.29, 0.717) is 28.6 Å². The summed E-state index contributed by atoms with van der Waals surface area (Å²) in [6.07, 6.45) is 6.00. The standard InChI is InChI=1S/C24H27FN4O2/c1-14-20(23(30)26-9-12-29-10-2-3-11-29)16-5-4-6-17(22(16)27-14)21-18-13-15(25)7-8-19(18)28-24(21)31/h6-8,13,27-28,31H,2-5,9-12H2,1H3,(H,26,30). The number of fused-ring (bicyclic) bond motifs is 2. The zero-order chi connectivity index (χ0) is 21.5. The Hall–Kier alpha value is -3.06. The molecule has 0 unspecified atom stereocenters. The lowest BCUT2D eigenvalue weighted by Gasteiger charge is -2.17. The fraction of sp³-hybridized carbons (Fsp3) is 0.375. The predicted octanol–water partition coefficient (Wildman–Crippen LogP) is 3.85. The molecule has 2 aromatic heterocycles. The fourth-order valence-electron chi connectivity index (χ4n) is 5.00. The smallest absolute Gasteiger partial charge is 0.253 e. The van der Waals surface area contributed by atoms with Crippen molar-refractivity contribution in [1.82, 2.24) is 20.2 Å². The van der Waals surface area contributed by atoms with Crippen molar-refractivity contribution in [2.45, 2.75) is 32.6 Å². The van der Waals surface area contributed by atoms with Crippen molar-refractivity contribution >= 4 is 22.4 Å². The monoisotopic (exact) mass is 422 g/mol. The summed E-state index contributed by atoms with van der Waals surface area (Å²) in [5.41, 5.74) is 5.32. The van der Waals surface area contributed by atoms with E-state index in [4.69, 9.17) is 0 Å². The largest absolute Gasteiger partial charge is 0.494 e. The normalized spacial score (nSPS) is 16.5. The minimum Gasteiger partial charge on any atom is -0.494 e. The van der Waals surface area contributed by atoms with Gasteiger partial charge in [-0.25, -0.2) is 4.39 Å². The lowest BCUT2D eigenvalue weighted by Crippen LogP contribution is -2.34. The highest BCUT2D eigenvalue weighted by molar-refractivity contribution is 6.03. The van der Waals surface area contributed by atoms with Crippen LogP contribution in [0.15, 0.2) is 24.3 Å². The molecular weight excluding hydrogens is 395 g/mol. The number of likely N-dealkylation sites (tertiary alicyclic amines) is 1. The minimum atomic E-state index is -0.356. The average Bonchev–Trinajstić information content (AvgIpc) is 3.44. The van der Waals surface area contributed by atoms with E-state index >= 15 is 0 Å². The molecule has 162 valence electrons. The Bertz CT molecular complexity index is 1180. The van der Waals surface area contributed by atoms with E-state index < -0.39 is 0 Å². The van der Waals surface area contributed by atoms with Crippen LogP contribution < -0.4 is 5.32 Å². The van der Waals surface area contributed by atoms with Crippen LogP contribution in [0.2, 0.25) is 0 Å². The molecule has 4 N–H and O–H groups in total. The number of aromatic hydroxyl groups is 1. The van der Waals surface area contributed by atoms with E-state index in [0.717, 1.165) is 55.0 Å². The quantitative estimate of drug-likeness (QED) is 0.504. The molecule has 2 aliphatic rings. The number of aromatic amines is 2. The number of carbonyl (C=O) groups is 1. The number of rotatable bonds is 5. The Morgan fingerprint density at radius 2 is 2.06 bits per heavy atom. The Labute approximate surface area is 180 Å². The number of benzene rings is 1. The van der Waals surface area contributed by atoms with Crippen molar-refractivity contribution < 1.29 is 14.3 Å². The van der Waals surface area contributed by atoms with Gasteiger partial charge in [-0.2, -0.15) is 0 Å². The van der Waals surface area contributed by atoms with Crippen LogP contribution in [0.25, 0.3) is 16.5 Å². The molecule has 7 heteroatoms. The van der Waals surface area contributed by atoms with E-state index in [1.807, 2.05) is 13.0 Å². The van der Waals surface area contributed by atoms with Gasteiger partial charge in [0, 0.05) is 35.3 Å². The van der Waals surface area contributed by atoms with Crippen molar-refractivity contribution in [2.75, 3.05) is 26.2 Å². The van der Waals surface area contributed by atoms with Gasteiger partial charge in [-0.1, -0.05) is 6.08 Å². The second-order valence-electron chi connectivity index (χ2n) is 8.48. The number of aryl methyl sites for hydroxylation is 1. The number of nitrogens with zero attached hydrogens (tertiary/aromatic N) is 1. The van der Waals surface area contributed by atoms with E-state index in [9.17, 15) is 14.3 Å². The average molecular weight is 423 g/mol. The van der Waals surface area contributed by atoms with Gasteiger partial charge < -0.3 is 25.3 Å². The molecule has 1 aliphatic carbocycles. The van der Waals surface area contributed by atoms with Crippen LogP contribution in [0.5, 0.6) is 5.88 Å². The topological polar surface area (TPSA) is 84.2 Å². The van der Waals surface area contributed by atoms with Gasteiger partial charge in [-0.05, 0) is 69.5 Å². The Morgan fingerprint density at radius 3 is 2.87 bits per heavy atom. The van der Waals surface area contributed by atoms with Gasteiger partial charge in [-0.3, -0.25) is 4.79 Å². The molecule has 6 nitrogen and oxygen atoms in total. The SMILES string of the molecule is Cc1[nH]c2c(c1C(=O)NCCN1CCCC1)CCC=C2c1c(O)[nH]c2ccc(F)cc12. The van der Waals surface area contributed by atoms with Crippen LogP contribution in [-0.2, 0) is 6.42 Å². The lowest BCUT2D eigenvalue weighted by molar-refractivity contribution is 0.0948. The zero-order valence-electron chi connectivity index (χ0n) is 17.6. The molecule has 0 atom stereocenters. The second kappa shape index (κ2) is 7.89. The van der Waals surface area contributed by atoms with Gasteiger partial charge >= 0.3 is 0 Å². The number of aromatic nitrogens is 2. The first-order valence-corrected chi connectivity index (χ1v) is 11.0. The van der Waals surface area contributed by atoms with Crippen molar-refractivity contribution in [1.29, 1.82) is 0 Å². The van der Waals surface area contributed by atoms with Gasteiger partial charge in [-0.15, -0.1) is 0 Å². The number of nitrogens with one attached hydrogen (secondary N) is 3. The van der Waals surface area contributed by atoms with E-state index in [1.165, 1.54) is 25.0 Å². The van der Waals surface area contributed by atoms with Crippen molar-refractivity contribution in [3.63, 3.8) is 0 Å². The summed E-state index contributed by atoms with van der Waals surface area (Å²) in [5, 5.41) is 14.3. The third kappa shape index (κ3) is 3.53. The van der Waals surface area contributed by atoms with E-state index in [-0.39, 0.29) is 17.6 Å². The summed E-state index contributed by atoms with van der Waals surface area (Å²) in [6.45, 7) is 5.62. The highest BCUT2D eigenvalue weighted by Gasteiger charge is 2.28. The maximum Gasteiger partial charge on any atom is 0.253 e. The summed E-state index contributed by atoms with van der Waals surface area (Å²) in [5.74, 6) is -0.418. The summed E-state index contributed by atoms with van der Waals surface area (Å²) in [4.78, 5) is 21.7. The molecule has 3 heterocycles. The predicted molar refractivity (Wildman–Crippen MR) is 119 cm³/mol. The molecule has 0 radical (unpaired) electrons. The highest BCUT2D eigenvalue weighted by Crippen LogP contribution is 2.41. The van der Waals surface area contributed by atoms with Crippen molar-refractivity contribution in [3.05, 3.63) is 58.2 Å². The van der Waals surface area contributed by atoms with Gasteiger partial charge in [0.05, 0.1) is 16.8 Å². The van der Waals surface area contributed by atoms with Crippen molar-refractivity contribution in [2.24, 2.45) is 0 Å². The number of allylic oxidation sites excluding steroid dienone is 1. The number of H-pyrrole nitrogens is 2. The molecule has 31 heavy (non-hydrogen) atoms. The van der Waals surface area contributed by atoms with Gasteiger partial charge in [0.1, 0.15) is 5.82 Å². The van der Waals surface area contributed by atoms with Gasteiger partial charge in [0.15, 0.2) is 5.88 Å². The highest BCUT2D eigenvalue weighted by atomic mass is 19.1. The Balaban J connectivity index is 1.45. The van der Waals surface area contributed by atoms with Crippen LogP contribution in [0.1, 0.15) is 52.1 Å². The fourth-order valence-corrected chi connectivity index (χ4v) is 5.00. The molecule has 0 bridgehead atoms. The molecule has 1 aromatic carbocycles. The third-order valence-corrected chi connectivity index (χ3v) is 6.45. The first kappa shape index (κ1) is 19.9. The van der Waals surface area contributed by atoms with E-state index in [1.54, 1.807) is 6.07 Å². The van der Waals surface area contributed by atoms with E-state index in [2.05, 4.69) is 20.2 Å². The molecule has 1 aliphatic heterocycles. The molecule has 1 fully saturated rings. The molecule has 0 spiro atoms. The molecule has 5 rings (SSSR count). The molecule has 1 amide bonds. The van der Waals surface area contributed by atoms with Gasteiger partial charge in [0.25, 0.3) is 5.91 Å². The number of halogens is 1. The maximum absolute atomic E-state index is 13.9. The first-order chi connectivity index (χ1) is 15.0. The molecule has 3 aromatic rings. The van der Waals surface area contributed by atoms with Crippen LogP contribution in [-0.4, -0.2) is 52.1 Å². The van der Waals surface area contributed by atoms with Crippen LogP contribution >= 0.6 is 0 Å². The summed E-state index contributed by atoms with van der Waals surface area (Å²) >= 11 is 0. The number of hydrogen-bond acceptors (Lipinski definition) is 3. The van der Waals surface area contributed by atoms with Crippen LogP contribution in [0.4, 0.5) is 4.39 Å². The minimum absolute atomic E-state index is 0.00330. The number of amides is 1. The van der Waals surface area contributed by atoms with Crippen molar-refractivity contribution in [3.8, 4) is 5.88 Å². The maximum atomic E-state index is 13.9. The summed E-state index contributed by atoms with van der Waals surface area (Å²) < 4.78 is 13.9. The van der Waals surface area contributed by atoms with Crippen LogP contribution in [0.3, 0.4) is 0 Å².